The largest absolute Gasteiger partial charge is 0.446 e. The molecule has 5 nitrogen and oxygen atoms in total. The van der Waals surface area contributed by atoms with Gasteiger partial charge in [0.1, 0.15) is 6.26 Å². The second-order valence-corrected chi connectivity index (χ2v) is 5.78. The lowest BCUT2D eigenvalue weighted by atomic mass is 10.0. The molecule has 1 heterocycles. The molecular weight excluding hydrogens is 254 g/mol. The Bertz CT molecular complexity index is 415. The number of aromatic nitrogens is 1. The first-order chi connectivity index (χ1) is 9.43. The van der Waals surface area contributed by atoms with Gasteiger partial charge in [-0.2, -0.15) is 0 Å². The van der Waals surface area contributed by atoms with Crippen molar-refractivity contribution < 1.29 is 9.21 Å². The van der Waals surface area contributed by atoms with Crippen LogP contribution in [-0.4, -0.2) is 16.9 Å². The molecule has 0 fully saturated rings. The van der Waals surface area contributed by atoms with E-state index in [0.717, 1.165) is 19.3 Å². The third-order valence-electron chi connectivity index (χ3n) is 3.31. The highest BCUT2D eigenvalue weighted by Crippen LogP contribution is 2.13. The predicted octanol–water partition coefficient (Wildman–Crippen LogP) is 3.03. The molecule has 0 aliphatic heterocycles. The lowest BCUT2D eigenvalue weighted by Gasteiger charge is -2.13. The van der Waals surface area contributed by atoms with Crippen molar-refractivity contribution in [1.82, 2.24) is 10.3 Å². The molecule has 5 heteroatoms. The van der Waals surface area contributed by atoms with Gasteiger partial charge in [0.25, 0.3) is 5.91 Å². The van der Waals surface area contributed by atoms with Crippen molar-refractivity contribution in [2.75, 3.05) is 0 Å². The van der Waals surface area contributed by atoms with Gasteiger partial charge in [-0.1, -0.05) is 33.6 Å². The quantitative estimate of drug-likeness (QED) is 0.767. The predicted molar refractivity (Wildman–Crippen MR) is 79.3 cm³/mol. The molecule has 0 radical (unpaired) electrons. The van der Waals surface area contributed by atoms with Crippen molar-refractivity contribution in [3.8, 4) is 0 Å². The van der Waals surface area contributed by atoms with Crippen LogP contribution in [0.1, 0.15) is 75.8 Å². The van der Waals surface area contributed by atoms with E-state index in [1.807, 2.05) is 13.8 Å². The van der Waals surface area contributed by atoms with Crippen LogP contribution in [0.15, 0.2) is 10.7 Å². The first-order valence-corrected chi connectivity index (χ1v) is 7.45. The fourth-order valence-corrected chi connectivity index (χ4v) is 1.94. The topological polar surface area (TPSA) is 81.1 Å². The smallest absolute Gasteiger partial charge is 0.273 e. The summed E-state index contributed by atoms with van der Waals surface area (Å²) in [6, 6.07) is -0.110. The van der Waals surface area contributed by atoms with E-state index in [2.05, 4.69) is 24.1 Å². The second-order valence-electron chi connectivity index (χ2n) is 5.78. The molecule has 1 aromatic rings. The fraction of sp³-hybridized carbons (Fsp3) is 0.733. The summed E-state index contributed by atoms with van der Waals surface area (Å²) in [6.07, 6.45) is 5.38. The first kappa shape index (κ1) is 16.7. The maximum absolute atomic E-state index is 12.0. The van der Waals surface area contributed by atoms with E-state index in [4.69, 9.17) is 10.2 Å². The molecule has 2 unspecified atom stereocenters. The van der Waals surface area contributed by atoms with Crippen LogP contribution in [0.3, 0.4) is 0 Å². The van der Waals surface area contributed by atoms with Crippen molar-refractivity contribution in [3.63, 3.8) is 0 Å². The minimum absolute atomic E-state index is 0.140. The van der Waals surface area contributed by atoms with E-state index in [9.17, 15) is 4.79 Å². The molecular formula is C15H27N3O2. The number of hydrogen-bond donors (Lipinski definition) is 2. The highest BCUT2D eigenvalue weighted by molar-refractivity contribution is 5.92. The van der Waals surface area contributed by atoms with Crippen LogP contribution in [0, 0.1) is 5.92 Å². The average molecular weight is 281 g/mol. The normalized spacial score (nSPS) is 14.3. The van der Waals surface area contributed by atoms with Crippen LogP contribution in [0.25, 0.3) is 0 Å². The Balaban J connectivity index is 2.43. The van der Waals surface area contributed by atoms with Crippen LogP contribution in [0.4, 0.5) is 0 Å². The Morgan fingerprint density at radius 1 is 1.40 bits per heavy atom. The fourth-order valence-electron chi connectivity index (χ4n) is 1.94. The van der Waals surface area contributed by atoms with Crippen LogP contribution < -0.4 is 11.1 Å². The van der Waals surface area contributed by atoms with Gasteiger partial charge in [-0.25, -0.2) is 4.98 Å². The molecule has 0 aromatic carbocycles. The molecule has 1 amide bonds. The molecule has 2 atom stereocenters. The molecule has 0 aliphatic rings. The third kappa shape index (κ3) is 5.33. The Morgan fingerprint density at radius 2 is 2.10 bits per heavy atom. The number of nitrogens with two attached hydrogens (primary N) is 1. The summed E-state index contributed by atoms with van der Waals surface area (Å²) in [4.78, 5) is 16.1. The minimum Gasteiger partial charge on any atom is -0.446 e. The lowest BCUT2D eigenvalue weighted by Crippen LogP contribution is -2.32. The van der Waals surface area contributed by atoms with Crippen LogP contribution >= 0.6 is 0 Å². The van der Waals surface area contributed by atoms with Crippen LogP contribution in [-0.2, 0) is 0 Å². The van der Waals surface area contributed by atoms with Gasteiger partial charge >= 0.3 is 0 Å². The monoisotopic (exact) mass is 281 g/mol. The lowest BCUT2D eigenvalue weighted by molar-refractivity contribution is 0.0932. The van der Waals surface area contributed by atoms with E-state index < -0.39 is 0 Å². The summed E-state index contributed by atoms with van der Waals surface area (Å²) in [5.41, 5.74) is 6.12. The van der Waals surface area contributed by atoms with Gasteiger partial charge in [-0.3, -0.25) is 4.79 Å². The molecule has 1 aromatic heterocycles. The number of nitrogens with zero attached hydrogens (tertiary/aromatic N) is 1. The molecule has 3 N–H and O–H groups in total. The van der Waals surface area contributed by atoms with Crippen molar-refractivity contribution in [2.45, 2.75) is 65.5 Å². The molecule has 0 bridgehead atoms. The highest BCUT2D eigenvalue weighted by atomic mass is 16.3. The van der Waals surface area contributed by atoms with Crippen molar-refractivity contribution in [3.05, 3.63) is 17.8 Å². The molecule has 0 aliphatic carbocycles. The maximum Gasteiger partial charge on any atom is 0.273 e. The summed E-state index contributed by atoms with van der Waals surface area (Å²) >= 11 is 0. The maximum atomic E-state index is 12.0. The Morgan fingerprint density at radius 3 is 2.70 bits per heavy atom. The molecule has 0 spiro atoms. The molecule has 20 heavy (non-hydrogen) atoms. The Labute approximate surface area is 121 Å². The average Bonchev–Trinajstić information content (AvgIpc) is 2.86. The summed E-state index contributed by atoms with van der Waals surface area (Å²) in [5, 5.41) is 2.94. The van der Waals surface area contributed by atoms with Gasteiger partial charge in [0.15, 0.2) is 5.69 Å². The van der Waals surface area contributed by atoms with Gasteiger partial charge < -0.3 is 15.5 Å². The van der Waals surface area contributed by atoms with Gasteiger partial charge in [-0.15, -0.1) is 0 Å². The van der Waals surface area contributed by atoms with E-state index in [1.54, 1.807) is 0 Å². The van der Waals surface area contributed by atoms with E-state index in [0.29, 0.717) is 17.5 Å². The Hall–Kier alpha value is -1.36. The van der Waals surface area contributed by atoms with Crippen molar-refractivity contribution in [1.29, 1.82) is 0 Å². The SMILES string of the molecule is CCC(N)c1nc(C(=O)NC(C)CCCC(C)C)co1. The van der Waals surface area contributed by atoms with Crippen molar-refractivity contribution >= 4 is 5.91 Å². The van der Waals surface area contributed by atoms with Gasteiger partial charge in [0.2, 0.25) is 5.89 Å². The standard InChI is InChI=1S/C15H27N3O2/c1-5-12(16)15-18-13(9-20-15)14(19)17-11(4)8-6-7-10(2)3/h9-12H,5-8,16H2,1-4H3,(H,17,19). The summed E-state index contributed by atoms with van der Waals surface area (Å²) in [7, 11) is 0. The van der Waals surface area contributed by atoms with Crippen molar-refractivity contribution in [2.24, 2.45) is 11.7 Å². The highest BCUT2D eigenvalue weighted by Gasteiger charge is 2.17. The zero-order valence-electron chi connectivity index (χ0n) is 13.0. The number of hydrogen-bond acceptors (Lipinski definition) is 4. The Kier molecular flexibility index (Phi) is 6.71. The second kappa shape index (κ2) is 8.04. The summed E-state index contributed by atoms with van der Waals surface area (Å²) in [6.45, 7) is 8.37. The molecule has 1 rings (SSSR count). The van der Waals surface area contributed by atoms with Gasteiger partial charge in [-0.05, 0) is 25.7 Å². The number of amides is 1. The number of nitrogens with one attached hydrogen (secondary N) is 1. The van der Waals surface area contributed by atoms with E-state index in [1.165, 1.54) is 12.7 Å². The number of rotatable bonds is 8. The van der Waals surface area contributed by atoms with Gasteiger partial charge in [0, 0.05) is 6.04 Å². The first-order valence-electron chi connectivity index (χ1n) is 7.45. The number of carbonyl (C=O) groups excluding carboxylic acids is 1. The summed E-state index contributed by atoms with van der Waals surface area (Å²) in [5.74, 6) is 0.928. The zero-order valence-corrected chi connectivity index (χ0v) is 13.0. The molecule has 0 saturated carbocycles. The van der Waals surface area contributed by atoms with Gasteiger partial charge in [0.05, 0.1) is 6.04 Å². The van der Waals surface area contributed by atoms with E-state index in [-0.39, 0.29) is 18.0 Å². The van der Waals surface area contributed by atoms with Crippen LogP contribution in [0.5, 0.6) is 0 Å². The third-order valence-corrected chi connectivity index (χ3v) is 3.31. The number of carbonyl (C=O) groups is 1. The van der Waals surface area contributed by atoms with E-state index >= 15 is 0 Å². The minimum atomic E-state index is -0.250. The number of oxazole rings is 1. The molecule has 114 valence electrons. The zero-order chi connectivity index (χ0) is 15.1. The summed E-state index contributed by atoms with van der Waals surface area (Å²) < 4.78 is 5.24. The van der Waals surface area contributed by atoms with Crippen LogP contribution in [0.2, 0.25) is 0 Å². The molecule has 0 saturated heterocycles.